The van der Waals surface area contributed by atoms with Crippen LogP contribution >= 0.6 is 15.9 Å². The van der Waals surface area contributed by atoms with Gasteiger partial charge in [-0.1, -0.05) is 48.0 Å². The second-order valence-electron chi connectivity index (χ2n) is 17.3. The number of aromatic nitrogens is 2. The van der Waals surface area contributed by atoms with Gasteiger partial charge in [-0.05, 0) is 87.8 Å². The van der Waals surface area contributed by atoms with Gasteiger partial charge < -0.3 is 41.2 Å². The summed E-state index contributed by atoms with van der Waals surface area (Å²) in [6, 6.07) is 7.65. The number of carboxylic acid groups (broad SMARTS) is 2. The number of carbonyl (C=O) groups excluding carboxylic acids is 2. The topological polar surface area (TPSA) is 215 Å². The number of hydrogen-bond acceptors (Lipinski definition) is 10. The van der Waals surface area contributed by atoms with Crippen molar-refractivity contribution in [2.75, 3.05) is 17.7 Å². The number of anilines is 2. The van der Waals surface area contributed by atoms with E-state index in [2.05, 4.69) is 36.3 Å². The first kappa shape index (κ1) is 64.6. The normalized spacial score (nSPS) is 12.0. The van der Waals surface area contributed by atoms with Gasteiger partial charge in [0.15, 0.2) is 0 Å². The van der Waals surface area contributed by atoms with E-state index in [0.717, 1.165) is 48.9 Å². The number of nitrogens with two attached hydrogens (primary N) is 1. The summed E-state index contributed by atoms with van der Waals surface area (Å²) < 4.78 is 166. The molecular formula is C51H49BrF12N6O8. The molecule has 0 saturated heterocycles. The van der Waals surface area contributed by atoms with Crippen molar-refractivity contribution in [1.29, 1.82) is 0 Å². The molecule has 4 aromatic carbocycles. The molecule has 27 heteroatoms. The lowest BCUT2D eigenvalue weighted by Gasteiger charge is -2.19. The van der Waals surface area contributed by atoms with Crippen molar-refractivity contribution in [1.82, 2.24) is 14.9 Å². The van der Waals surface area contributed by atoms with E-state index in [9.17, 15) is 81.8 Å². The standard InChI is InChI=1S/C30H27F5N4O4.C10H8F5NO2.C8H5BrF2O2.C3H9N/c1-14(2)37-17-12-21(31)25(22(32)13-17)27(40)38-23(29(42)43)11-16-7-8-19(26-18(16)6-5-9-36-26)24-20(30(33,34)35)10-15(3)39(4)28(24)41;1-4(10(13,14)15)16-5-2-6(11)8(9(17)18)7(12)3-5;1-13-8(12)7-5(10)2-4(9)3-6(7)11;1-3(2)4/h5-10,12-14,23,37H,11H2,1-4H3,(H,38,40)(H,42,43);2-4,16H,1H3,(H,17,18);2-3H,1H3;3H,4H2,1-2H3/t23-;4-;;/m01../s1. The summed E-state index contributed by atoms with van der Waals surface area (Å²) in [5.41, 5.74) is -0.614. The van der Waals surface area contributed by atoms with Gasteiger partial charge in [0.05, 0.1) is 23.8 Å². The molecule has 0 bridgehead atoms. The summed E-state index contributed by atoms with van der Waals surface area (Å²) in [7, 11) is 2.40. The van der Waals surface area contributed by atoms with Crippen molar-refractivity contribution in [3.8, 4) is 11.1 Å². The van der Waals surface area contributed by atoms with Gasteiger partial charge in [-0.3, -0.25) is 14.6 Å². The lowest BCUT2D eigenvalue weighted by Crippen LogP contribution is -2.43. The molecule has 0 unspecified atom stereocenters. The number of pyridine rings is 2. The van der Waals surface area contributed by atoms with E-state index in [1.54, 1.807) is 13.8 Å². The lowest BCUT2D eigenvalue weighted by atomic mass is 9.93. The van der Waals surface area contributed by atoms with Crippen LogP contribution in [0.4, 0.5) is 64.1 Å². The van der Waals surface area contributed by atoms with Crippen LogP contribution in [0.2, 0.25) is 0 Å². The fraction of sp³-hybridized carbons (Fsp3) is 0.294. The van der Waals surface area contributed by atoms with Crippen molar-refractivity contribution in [3.05, 3.63) is 156 Å². The molecule has 1 amide bonds. The number of carbonyl (C=O) groups is 4. The third kappa shape index (κ3) is 17.2. The number of aromatic carboxylic acids is 1. The molecule has 0 aliphatic carbocycles. The molecule has 0 aliphatic rings. The maximum atomic E-state index is 14.7. The van der Waals surface area contributed by atoms with E-state index in [-0.39, 0.29) is 43.9 Å². The molecule has 0 saturated carbocycles. The first-order valence-electron chi connectivity index (χ1n) is 22.5. The summed E-state index contributed by atoms with van der Waals surface area (Å²) in [4.78, 5) is 63.5. The molecule has 6 aromatic rings. The third-order valence-electron chi connectivity index (χ3n) is 10.4. The minimum absolute atomic E-state index is 0.00718. The predicted molar refractivity (Wildman–Crippen MR) is 267 cm³/mol. The Balaban J connectivity index is 0.000000371. The molecule has 422 valence electrons. The molecule has 0 spiro atoms. The highest BCUT2D eigenvalue weighted by atomic mass is 79.9. The molecule has 0 radical (unpaired) electrons. The first-order valence-corrected chi connectivity index (χ1v) is 23.3. The number of nitrogens with zero attached hydrogens (tertiary/aromatic N) is 2. The van der Waals surface area contributed by atoms with Crippen LogP contribution in [-0.2, 0) is 29.2 Å². The monoisotopic (exact) mass is 1180 g/mol. The third-order valence-corrected chi connectivity index (χ3v) is 10.8. The maximum Gasteiger partial charge on any atom is 0.417 e. The Bertz CT molecular complexity index is 3170. The number of alkyl halides is 6. The summed E-state index contributed by atoms with van der Waals surface area (Å²) >= 11 is 2.89. The Kier molecular flexibility index (Phi) is 22.4. The van der Waals surface area contributed by atoms with Crippen LogP contribution in [0.5, 0.6) is 0 Å². The SMILES string of the molecule is CC(C)N.COC(=O)c1c(F)cc(Br)cc1F.C[C@@H](Nc1cc(F)c(C(=O)O)c(F)c1)C(F)(F)F.Cc1cc(C(F)(F)F)c(-c2ccc(C[C@H](NC(=O)c3c(F)cc(NC(C)C)cc3F)C(=O)O)c3cccnc23)c(=O)n1C. The minimum Gasteiger partial charge on any atom is -0.480 e. The number of amides is 1. The van der Waals surface area contributed by atoms with Crippen LogP contribution in [0.3, 0.4) is 0 Å². The number of methoxy groups -OCH3 is 1. The van der Waals surface area contributed by atoms with E-state index < -0.39 is 129 Å². The van der Waals surface area contributed by atoms with Gasteiger partial charge in [0, 0.05) is 58.2 Å². The van der Waals surface area contributed by atoms with E-state index in [0.29, 0.717) is 18.2 Å². The quantitative estimate of drug-likeness (QED) is 0.0499. The zero-order chi connectivity index (χ0) is 59.5. The second-order valence-corrected chi connectivity index (χ2v) is 18.2. The number of ether oxygens (including phenoxy) is 1. The molecule has 2 heterocycles. The number of nitrogens with one attached hydrogen (secondary N) is 3. The summed E-state index contributed by atoms with van der Waals surface area (Å²) in [6.45, 7) is 9.51. The Labute approximate surface area is 444 Å². The van der Waals surface area contributed by atoms with Crippen LogP contribution in [0.1, 0.15) is 82.5 Å². The van der Waals surface area contributed by atoms with Crippen LogP contribution in [-0.4, -0.2) is 81.0 Å². The van der Waals surface area contributed by atoms with E-state index in [1.165, 1.54) is 44.4 Å². The Morgan fingerprint density at radius 3 is 1.69 bits per heavy atom. The fourth-order valence-electron chi connectivity index (χ4n) is 6.81. The van der Waals surface area contributed by atoms with Crippen LogP contribution in [0, 0.1) is 41.8 Å². The van der Waals surface area contributed by atoms with Crippen molar-refractivity contribution in [3.63, 3.8) is 0 Å². The van der Waals surface area contributed by atoms with Gasteiger partial charge in [-0.25, -0.2) is 40.7 Å². The zero-order valence-corrected chi connectivity index (χ0v) is 43.8. The highest BCUT2D eigenvalue weighted by Gasteiger charge is 2.38. The second kappa shape index (κ2) is 27.1. The fourth-order valence-corrected chi connectivity index (χ4v) is 7.21. The number of benzene rings is 4. The van der Waals surface area contributed by atoms with Crippen LogP contribution < -0.4 is 27.2 Å². The van der Waals surface area contributed by atoms with Crippen LogP contribution in [0.25, 0.3) is 22.0 Å². The van der Waals surface area contributed by atoms with E-state index >= 15 is 0 Å². The zero-order valence-electron chi connectivity index (χ0n) is 42.2. The van der Waals surface area contributed by atoms with Crippen molar-refractivity contribution >= 4 is 62.0 Å². The van der Waals surface area contributed by atoms with Gasteiger partial charge in [-0.2, -0.15) is 26.3 Å². The molecule has 14 nitrogen and oxygen atoms in total. The number of aliphatic carboxylic acids is 1. The Morgan fingerprint density at radius 2 is 1.24 bits per heavy atom. The predicted octanol–water partition coefficient (Wildman–Crippen LogP) is 11.3. The van der Waals surface area contributed by atoms with Crippen molar-refractivity contribution in [2.24, 2.45) is 12.8 Å². The van der Waals surface area contributed by atoms with Gasteiger partial charge in [0.2, 0.25) is 0 Å². The first-order chi connectivity index (χ1) is 36.0. The van der Waals surface area contributed by atoms with Gasteiger partial charge in [0.25, 0.3) is 11.5 Å². The molecule has 78 heavy (non-hydrogen) atoms. The molecule has 0 aliphatic heterocycles. The van der Waals surface area contributed by atoms with Gasteiger partial charge in [-0.15, -0.1) is 0 Å². The smallest absolute Gasteiger partial charge is 0.417 e. The van der Waals surface area contributed by atoms with Crippen molar-refractivity contribution in [2.45, 2.75) is 84.5 Å². The highest BCUT2D eigenvalue weighted by Crippen LogP contribution is 2.39. The molecule has 6 rings (SSSR count). The number of fused-ring (bicyclic) bond motifs is 1. The summed E-state index contributed by atoms with van der Waals surface area (Å²) in [5.74, 6) is -12.9. The number of esters is 1. The minimum atomic E-state index is -4.86. The van der Waals surface area contributed by atoms with E-state index in [4.69, 9.17) is 10.8 Å². The average Bonchev–Trinajstić information content (AvgIpc) is 3.29. The molecule has 2 atom stereocenters. The average molecular weight is 1180 g/mol. The number of aryl methyl sites for hydroxylation is 1. The van der Waals surface area contributed by atoms with Gasteiger partial charge >= 0.3 is 30.3 Å². The van der Waals surface area contributed by atoms with Crippen molar-refractivity contribution < 1.29 is 86.8 Å². The molecule has 2 aromatic heterocycles. The number of rotatable bonds is 12. The van der Waals surface area contributed by atoms with Gasteiger partial charge in [0.1, 0.15) is 63.7 Å². The number of halogens is 13. The highest BCUT2D eigenvalue weighted by molar-refractivity contribution is 9.10. The molecular weight excluding hydrogens is 1130 g/mol. The number of hydrogen-bond donors (Lipinski definition) is 6. The number of carboxylic acids is 2. The summed E-state index contributed by atoms with van der Waals surface area (Å²) in [6.07, 6.45) is -8.56. The Morgan fingerprint density at radius 1 is 0.756 bits per heavy atom. The molecule has 0 fully saturated rings. The largest absolute Gasteiger partial charge is 0.480 e. The summed E-state index contributed by atoms with van der Waals surface area (Å²) in [5, 5.41) is 25.3. The lowest BCUT2D eigenvalue weighted by molar-refractivity contribution is -0.139. The van der Waals surface area contributed by atoms with E-state index in [1.807, 2.05) is 19.2 Å². The maximum absolute atomic E-state index is 14.7. The Hall–Kier alpha value is -7.68. The molecule has 7 N–H and O–H groups in total. The van der Waals surface area contributed by atoms with Crippen LogP contribution in [0.15, 0.2) is 82.2 Å².